The van der Waals surface area contributed by atoms with Gasteiger partial charge in [-0.25, -0.2) is 0 Å². The maximum Gasteiger partial charge on any atom is 0.319 e. The van der Waals surface area contributed by atoms with Crippen LogP contribution >= 0.6 is 0 Å². The standard InChI is InChI=1S/C14H17NO4/c1-19-11(10-5-3-2-4-6-10)9-15-12(16)14(7-8-14)13(17)18/h2-6,11H,7-9H2,1H3,(H,15,16)(H,17,18). The normalized spacial score (nSPS) is 17.5. The van der Waals surface area contributed by atoms with Crippen LogP contribution in [0.25, 0.3) is 0 Å². The Morgan fingerprint density at radius 2 is 2.00 bits per heavy atom. The molecule has 1 amide bonds. The molecule has 1 unspecified atom stereocenters. The summed E-state index contributed by atoms with van der Waals surface area (Å²) in [6, 6.07) is 9.50. The lowest BCUT2D eigenvalue weighted by atomic mass is 10.1. The van der Waals surface area contributed by atoms with Crippen LogP contribution in [-0.4, -0.2) is 30.6 Å². The van der Waals surface area contributed by atoms with Crippen molar-refractivity contribution in [1.82, 2.24) is 5.32 Å². The minimum absolute atomic E-state index is 0.269. The van der Waals surface area contributed by atoms with Gasteiger partial charge in [-0.1, -0.05) is 30.3 Å². The number of aliphatic carboxylic acids is 1. The molecule has 0 spiro atoms. The number of ether oxygens (including phenoxy) is 1. The van der Waals surface area contributed by atoms with Gasteiger partial charge in [0.1, 0.15) is 5.41 Å². The molecule has 102 valence electrons. The van der Waals surface area contributed by atoms with Crippen molar-refractivity contribution in [3.63, 3.8) is 0 Å². The molecule has 19 heavy (non-hydrogen) atoms. The van der Waals surface area contributed by atoms with Crippen LogP contribution < -0.4 is 5.32 Å². The minimum Gasteiger partial charge on any atom is -0.480 e. The van der Waals surface area contributed by atoms with E-state index in [2.05, 4.69) is 5.32 Å². The van der Waals surface area contributed by atoms with Crippen molar-refractivity contribution in [3.05, 3.63) is 35.9 Å². The molecule has 2 rings (SSSR count). The number of methoxy groups -OCH3 is 1. The van der Waals surface area contributed by atoms with Crippen LogP contribution in [0.1, 0.15) is 24.5 Å². The van der Waals surface area contributed by atoms with Crippen LogP contribution in [0.3, 0.4) is 0 Å². The molecule has 0 aromatic heterocycles. The number of amides is 1. The Morgan fingerprint density at radius 1 is 1.37 bits per heavy atom. The summed E-state index contributed by atoms with van der Waals surface area (Å²) >= 11 is 0. The molecule has 1 saturated carbocycles. The summed E-state index contributed by atoms with van der Waals surface area (Å²) in [5.74, 6) is -1.46. The van der Waals surface area contributed by atoms with Crippen LogP contribution in [0.15, 0.2) is 30.3 Å². The highest BCUT2D eigenvalue weighted by Gasteiger charge is 2.57. The first-order valence-corrected chi connectivity index (χ1v) is 6.19. The maximum atomic E-state index is 11.9. The van der Waals surface area contributed by atoms with Crippen molar-refractivity contribution in [1.29, 1.82) is 0 Å². The second kappa shape index (κ2) is 5.40. The summed E-state index contributed by atoms with van der Waals surface area (Å²) in [5.41, 5.74) is -0.250. The summed E-state index contributed by atoms with van der Waals surface area (Å²) in [4.78, 5) is 22.9. The predicted molar refractivity (Wildman–Crippen MR) is 68.5 cm³/mol. The Bertz CT molecular complexity index is 468. The van der Waals surface area contributed by atoms with Gasteiger partial charge in [0.2, 0.25) is 5.91 Å². The molecule has 0 aliphatic heterocycles. The highest BCUT2D eigenvalue weighted by Crippen LogP contribution is 2.46. The van der Waals surface area contributed by atoms with E-state index in [0.717, 1.165) is 5.56 Å². The molecule has 1 atom stereocenters. The highest BCUT2D eigenvalue weighted by molar-refractivity contribution is 6.04. The van der Waals surface area contributed by atoms with Crippen LogP contribution in [-0.2, 0) is 14.3 Å². The lowest BCUT2D eigenvalue weighted by molar-refractivity contribution is -0.149. The van der Waals surface area contributed by atoms with Crippen molar-refractivity contribution >= 4 is 11.9 Å². The number of carboxylic acid groups (broad SMARTS) is 1. The summed E-state index contributed by atoms with van der Waals surface area (Å²) in [6.45, 7) is 0.272. The SMILES string of the molecule is COC(CNC(=O)C1(C(=O)O)CC1)c1ccccc1. The third-order valence-electron chi connectivity index (χ3n) is 3.50. The molecule has 1 aromatic carbocycles. The Kier molecular flexibility index (Phi) is 3.85. The van der Waals surface area contributed by atoms with Crippen LogP contribution in [0.5, 0.6) is 0 Å². The zero-order chi connectivity index (χ0) is 13.9. The molecular weight excluding hydrogens is 246 g/mol. The van der Waals surface area contributed by atoms with Crippen molar-refractivity contribution in [2.45, 2.75) is 18.9 Å². The maximum absolute atomic E-state index is 11.9. The largest absolute Gasteiger partial charge is 0.480 e. The first-order valence-electron chi connectivity index (χ1n) is 6.19. The van der Waals surface area contributed by atoms with Crippen LogP contribution in [0.2, 0.25) is 0 Å². The van der Waals surface area contributed by atoms with Gasteiger partial charge < -0.3 is 15.2 Å². The first-order chi connectivity index (χ1) is 9.10. The number of carbonyl (C=O) groups excluding carboxylic acids is 1. The third kappa shape index (κ3) is 2.76. The number of rotatable bonds is 6. The molecule has 0 bridgehead atoms. The number of hydrogen-bond donors (Lipinski definition) is 2. The van der Waals surface area contributed by atoms with Gasteiger partial charge in [-0.2, -0.15) is 0 Å². The second-order valence-electron chi connectivity index (χ2n) is 4.73. The van der Waals surface area contributed by atoms with E-state index in [4.69, 9.17) is 9.84 Å². The monoisotopic (exact) mass is 263 g/mol. The predicted octanol–water partition coefficient (Wildman–Crippen LogP) is 1.36. The zero-order valence-corrected chi connectivity index (χ0v) is 10.8. The molecule has 1 aliphatic carbocycles. The van der Waals surface area contributed by atoms with E-state index < -0.39 is 17.3 Å². The molecule has 5 heteroatoms. The van der Waals surface area contributed by atoms with Crippen LogP contribution in [0.4, 0.5) is 0 Å². The molecule has 0 heterocycles. The fourth-order valence-corrected chi connectivity index (χ4v) is 2.02. The van der Waals surface area contributed by atoms with E-state index in [1.807, 2.05) is 30.3 Å². The van der Waals surface area contributed by atoms with Gasteiger partial charge >= 0.3 is 5.97 Å². The first kappa shape index (κ1) is 13.5. The zero-order valence-electron chi connectivity index (χ0n) is 10.8. The molecule has 0 saturated heterocycles. The van der Waals surface area contributed by atoms with E-state index >= 15 is 0 Å². The number of hydrogen-bond acceptors (Lipinski definition) is 3. The fraction of sp³-hybridized carbons (Fsp3) is 0.429. The average molecular weight is 263 g/mol. The smallest absolute Gasteiger partial charge is 0.319 e. The summed E-state index contributed by atoms with van der Waals surface area (Å²) in [7, 11) is 1.56. The number of benzene rings is 1. The molecule has 5 nitrogen and oxygen atoms in total. The van der Waals surface area contributed by atoms with Crippen molar-refractivity contribution in [2.24, 2.45) is 5.41 Å². The number of nitrogens with one attached hydrogen (secondary N) is 1. The Morgan fingerprint density at radius 3 is 2.47 bits per heavy atom. The van der Waals surface area contributed by atoms with E-state index in [9.17, 15) is 9.59 Å². The van der Waals surface area contributed by atoms with E-state index in [1.54, 1.807) is 7.11 Å². The van der Waals surface area contributed by atoms with Crippen LogP contribution in [0, 0.1) is 5.41 Å². The van der Waals surface area contributed by atoms with Gasteiger partial charge in [-0.05, 0) is 18.4 Å². The van der Waals surface area contributed by atoms with Gasteiger partial charge in [0.25, 0.3) is 0 Å². The van der Waals surface area contributed by atoms with Gasteiger partial charge in [0, 0.05) is 13.7 Å². The molecule has 1 aromatic rings. The summed E-state index contributed by atoms with van der Waals surface area (Å²) in [5, 5.41) is 11.7. The third-order valence-corrected chi connectivity index (χ3v) is 3.50. The Hall–Kier alpha value is -1.88. The van der Waals surface area contributed by atoms with Crippen molar-refractivity contribution < 1.29 is 19.4 Å². The quantitative estimate of drug-likeness (QED) is 0.760. The second-order valence-corrected chi connectivity index (χ2v) is 4.73. The van der Waals surface area contributed by atoms with Gasteiger partial charge in [0.15, 0.2) is 0 Å². The molecule has 2 N–H and O–H groups in total. The molecule has 1 aliphatic rings. The summed E-state index contributed by atoms with van der Waals surface area (Å²) in [6.07, 6.45) is 0.559. The average Bonchev–Trinajstić information content (AvgIpc) is 3.22. The van der Waals surface area contributed by atoms with Gasteiger partial charge in [-0.15, -0.1) is 0 Å². The lowest BCUT2D eigenvalue weighted by Gasteiger charge is -2.18. The lowest BCUT2D eigenvalue weighted by Crippen LogP contribution is -2.39. The van der Waals surface area contributed by atoms with E-state index in [0.29, 0.717) is 12.8 Å². The number of carbonyl (C=O) groups is 2. The number of carboxylic acids is 1. The van der Waals surface area contributed by atoms with Crippen molar-refractivity contribution in [3.8, 4) is 0 Å². The van der Waals surface area contributed by atoms with Gasteiger partial charge in [-0.3, -0.25) is 9.59 Å². The van der Waals surface area contributed by atoms with Gasteiger partial charge in [0.05, 0.1) is 6.10 Å². The molecule has 0 radical (unpaired) electrons. The Balaban J connectivity index is 1.94. The van der Waals surface area contributed by atoms with Crippen molar-refractivity contribution in [2.75, 3.05) is 13.7 Å². The fourth-order valence-electron chi connectivity index (χ4n) is 2.02. The highest BCUT2D eigenvalue weighted by atomic mass is 16.5. The van der Waals surface area contributed by atoms with E-state index in [1.165, 1.54) is 0 Å². The van der Waals surface area contributed by atoms with E-state index in [-0.39, 0.29) is 12.6 Å². The topological polar surface area (TPSA) is 75.6 Å². The Labute approximate surface area is 111 Å². The molecule has 1 fully saturated rings. The summed E-state index contributed by atoms with van der Waals surface area (Å²) < 4.78 is 5.32. The molecular formula is C14H17NO4. The minimum atomic E-state index is -1.20.